The van der Waals surface area contributed by atoms with Gasteiger partial charge in [0.1, 0.15) is 17.6 Å². The summed E-state index contributed by atoms with van der Waals surface area (Å²) in [6.07, 6.45) is 6.26. The van der Waals surface area contributed by atoms with E-state index in [0.29, 0.717) is 49.4 Å². The molecule has 0 spiro atoms. The number of carboxylic acids is 1. The van der Waals surface area contributed by atoms with Crippen molar-refractivity contribution in [2.75, 3.05) is 24.6 Å². The average Bonchev–Trinajstić information content (AvgIpc) is 3.17. The van der Waals surface area contributed by atoms with Crippen LogP contribution in [0.2, 0.25) is 0 Å². The molecule has 0 radical (unpaired) electrons. The number of fused-ring (bicyclic) bond motifs is 1. The Bertz CT molecular complexity index is 1120. The van der Waals surface area contributed by atoms with Crippen molar-refractivity contribution in [1.29, 1.82) is 5.26 Å². The van der Waals surface area contributed by atoms with E-state index in [1.807, 2.05) is 25.1 Å². The predicted molar refractivity (Wildman–Crippen MR) is 111 cm³/mol. The van der Waals surface area contributed by atoms with Crippen LogP contribution < -0.4 is 9.64 Å². The van der Waals surface area contributed by atoms with E-state index in [1.165, 1.54) is 0 Å². The van der Waals surface area contributed by atoms with E-state index in [2.05, 4.69) is 21.1 Å². The molecule has 1 saturated heterocycles. The molecule has 8 heteroatoms. The van der Waals surface area contributed by atoms with E-state index in [0.717, 1.165) is 16.9 Å². The molecule has 3 aromatic heterocycles. The van der Waals surface area contributed by atoms with E-state index < -0.39 is 11.4 Å². The number of hydrogen-bond acceptors (Lipinski definition) is 6. The minimum Gasteiger partial charge on any atom is -0.492 e. The van der Waals surface area contributed by atoms with Gasteiger partial charge in [-0.2, -0.15) is 10.4 Å². The van der Waals surface area contributed by atoms with Gasteiger partial charge in [-0.15, -0.1) is 0 Å². The van der Waals surface area contributed by atoms with E-state index in [9.17, 15) is 15.2 Å². The van der Waals surface area contributed by atoms with Crippen molar-refractivity contribution in [3.05, 3.63) is 42.4 Å². The second-order valence-corrected chi connectivity index (χ2v) is 7.74. The van der Waals surface area contributed by atoms with Gasteiger partial charge in [-0.05, 0) is 44.9 Å². The Morgan fingerprint density at radius 3 is 2.70 bits per heavy atom. The molecule has 0 bridgehead atoms. The summed E-state index contributed by atoms with van der Waals surface area (Å²) < 4.78 is 7.31. The molecule has 0 atom stereocenters. The van der Waals surface area contributed by atoms with Crippen LogP contribution in [-0.2, 0) is 4.79 Å². The second kappa shape index (κ2) is 7.67. The SMILES string of the molecule is CCOc1cc(-c2ccc(N3CCC(C)(C(=O)O)CC3)nc2)c2c(C#N)cnn2c1. The van der Waals surface area contributed by atoms with Gasteiger partial charge in [0, 0.05) is 30.4 Å². The molecule has 0 amide bonds. The van der Waals surface area contributed by atoms with Crippen LogP contribution in [0.1, 0.15) is 32.3 Å². The summed E-state index contributed by atoms with van der Waals surface area (Å²) >= 11 is 0. The van der Waals surface area contributed by atoms with E-state index >= 15 is 0 Å². The van der Waals surface area contributed by atoms with Crippen LogP contribution in [0.4, 0.5) is 5.82 Å². The number of anilines is 1. The summed E-state index contributed by atoms with van der Waals surface area (Å²) in [5.74, 6) is 0.746. The highest BCUT2D eigenvalue weighted by Crippen LogP contribution is 2.34. The molecule has 154 valence electrons. The number of nitrogens with zero attached hydrogens (tertiary/aromatic N) is 5. The van der Waals surface area contributed by atoms with E-state index in [4.69, 9.17) is 4.74 Å². The summed E-state index contributed by atoms with van der Waals surface area (Å²) in [6, 6.07) is 7.99. The number of aliphatic carboxylic acids is 1. The highest BCUT2D eigenvalue weighted by molar-refractivity contribution is 5.85. The van der Waals surface area contributed by atoms with Gasteiger partial charge in [0.25, 0.3) is 0 Å². The largest absolute Gasteiger partial charge is 0.492 e. The third-order valence-electron chi connectivity index (χ3n) is 5.78. The van der Waals surface area contributed by atoms with Gasteiger partial charge in [0.05, 0.1) is 35.5 Å². The standard InChI is InChI=1S/C22H23N5O3/c1-3-30-17-10-18(20-16(11-23)13-25-27(20)14-17)15-4-5-19(24-12-15)26-8-6-22(2,7-9-26)21(28)29/h4-5,10,12-14H,3,6-9H2,1-2H3,(H,28,29). The minimum absolute atomic E-state index is 0.487. The number of pyridine rings is 2. The van der Waals surface area contributed by atoms with Crippen molar-refractivity contribution in [2.45, 2.75) is 26.7 Å². The first kappa shape index (κ1) is 19.7. The number of carboxylic acid groups (broad SMARTS) is 1. The number of hydrogen-bond donors (Lipinski definition) is 1. The fraction of sp³-hybridized carbons (Fsp3) is 0.364. The zero-order valence-electron chi connectivity index (χ0n) is 17.0. The minimum atomic E-state index is -0.738. The van der Waals surface area contributed by atoms with Crippen molar-refractivity contribution >= 4 is 17.3 Å². The van der Waals surface area contributed by atoms with Crippen molar-refractivity contribution < 1.29 is 14.6 Å². The number of rotatable bonds is 5. The lowest BCUT2D eigenvalue weighted by Gasteiger charge is -2.37. The van der Waals surface area contributed by atoms with Gasteiger partial charge in [0.2, 0.25) is 0 Å². The van der Waals surface area contributed by atoms with Crippen molar-refractivity contribution in [3.8, 4) is 22.9 Å². The predicted octanol–water partition coefficient (Wildman–Crippen LogP) is 3.36. The van der Waals surface area contributed by atoms with Crippen LogP contribution in [0.5, 0.6) is 5.75 Å². The maximum absolute atomic E-state index is 11.5. The van der Waals surface area contributed by atoms with E-state index in [-0.39, 0.29) is 0 Å². The normalized spacial score (nSPS) is 15.7. The lowest BCUT2D eigenvalue weighted by molar-refractivity contribution is -0.149. The van der Waals surface area contributed by atoms with Crippen molar-refractivity contribution in [3.63, 3.8) is 0 Å². The summed E-state index contributed by atoms with van der Waals surface area (Å²) in [5, 5.41) is 23.2. The Balaban J connectivity index is 1.65. The van der Waals surface area contributed by atoms with Crippen molar-refractivity contribution in [2.24, 2.45) is 5.41 Å². The monoisotopic (exact) mass is 405 g/mol. The molecule has 1 N–H and O–H groups in total. The highest BCUT2D eigenvalue weighted by Gasteiger charge is 2.37. The molecule has 1 aliphatic heterocycles. The molecule has 3 aromatic rings. The van der Waals surface area contributed by atoms with Gasteiger partial charge in [-0.1, -0.05) is 0 Å². The summed E-state index contributed by atoms with van der Waals surface area (Å²) in [4.78, 5) is 18.2. The van der Waals surface area contributed by atoms with Crippen LogP contribution in [-0.4, -0.2) is 45.4 Å². The maximum Gasteiger partial charge on any atom is 0.309 e. The number of piperidine rings is 1. The molecule has 0 saturated carbocycles. The number of carbonyl (C=O) groups is 1. The summed E-state index contributed by atoms with van der Waals surface area (Å²) in [6.45, 7) is 5.55. The highest BCUT2D eigenvalue weighted by atomic mass is 16.5. The molecular formula is C22H23N5O3. The smallest absolute Gasteiger partial charge is 0.309 e. The average molecular weight is 405 g/mol. The van der Waals surface area contributed by atoms with Gasteiger partial charge in [-0.25, -0.2) is 9.50 Å². The first-order valence-corrected chi connectivity index (χ1v) is 9.94. The molecular weight excluding hydrogens is 382 g/mol. The lowest BCUT2D eigenvalue weighted by atomic mass is 9.80. The Hall–Kier alpha value is -3.60. The van der Waals surface area contributed by atoms with Crippen molar-refractivity contribution in [1.82, 2.24) is 14.6 Å². The maximum atomic E-state index is 11.5. The molecule has 4 rings (SSSR count). The van der Waals surface area contributed by atoms with Crippen LogP contribution in [0.15, 0.2) is 36.8 Å². The zero-order valence-corrected chi connectivity index (χ0v) is 17.0. The zero-order chi connectivity index (χ0) is 21.3. The molecule has 0 aromatic carbocycles. The molecule has 30 heavy (non-hydrogen) atoms. The summed E-state index contributed by atoms with van der Waals surface area (Å²) in [5.41, 5.74) is 2.21. The van der Waals surface area contributed by atoms with Gasteiger partial charge >= 0.3 is 5.97 Å². The van der Waals surface area contributed by atoms with Gasteiger partial charge in [0.15, 0.2) is 0 Å². The second-order valence-electron chi connectivity index (χ2n) is 7.74. The van der Waals surface area contributed by atoms with Crippen LogP contribution in [0.3, 0.4) is 0 Å². The topological polar surface area (TPSA) is 104 Å². The Morgan fingerprint density at radius 2 is 2.10 bits per heavy atom. The Morgan fingerprint density at radius 1 is 1.33 bits per heavy atom. The lowest BCUT2D eigenvalue weighted by Crippen LogP contribution is -2.43. The fourth-order valence-corrected chi connectivity index (χ4v) is 3.82. The first-order valence-electron chi connectivity index (χ1n) is 9.94. The number of ether oxygens (including phenoxy) is 1. The third kappa shape index (κ3) is 3.43. The Kier molecular flexibility index (Phi) is 5.04. The number of aromatic nitrogens is 3. The fourth-order valence-electron chi connectivity index (χ4n) is 3.82. The van der Waals surface area contributed by atoms with Gasteiger partial charge < -0.3 is 14.7 Å². The molecule has 0 unspecified atom stereocenters. The van der Waals surface area contributed by atoms with Crippen LogP contribution >= 0.6 is 0 Å². The first-order chi connectivity index (χ1) is 14.4. The van der Waals surface area contributed by atoms with Crippen LogP contribution in [0, 0.1) is 16.7 Å². The summed E-state index contributed by atoms with van der Waals surface area (Å²) in [7, 11) is 0. The van der Waals surface area contributed by atoms with Gasteiger partial charge in [-0.3, -0.25) is 4.79 Å². The Labute approximate surface area is 174 Å². The molecule has 0 aliphatic carbocycles. The molecule has 1 fully saturated rings. The van der Waals surface area contributed by atoms with Crippen LogP contribution in [0.25, 0.3) is 16.6 Å². The quantitative estimate of drug-likeness (QED) is 0.694. The third-order valence-corrected chi connectivity index (χ3v) is 5.78. The molecule has 1 aliphatic rings. The van der Waals surface area contributed by atoms with E-state index in [1.54, 1.807) is 30.0 Å². The molecule has 8 nitrogen and oxygen atoms in total. The number of nitriles is 1. The molecule has 4 heterocycles.